The van der Waals surface area contributed by atoms with Crippen molar-refractivity contribution < 1.29 is 9.13 Å². The van der Waals surface area contributed by atoms with Crippen molar-refractivity contribution in [3.05, 3.63) is 48.3 Å². The van der Waals surface area contributed by atoms with Crippen LogP contribution >= 0.6 is 11.8 Å². The van der Waals surface area contributed by atoms with Crippen molar-refractivity contribution in [1.29, 1.82) is 0 Å². The Morgan fingerprint density at radius 1 is 1.16 bits per heavy atom. The summed E-state index contributed by atoms with van der Waals surface area (Å²) in [5, 5.41) is 0. The van der Waals surface area contributed by atoms with Gasteiger partial charge in [0.1, 0.15) is 11.6 Å². The molecule has 0 saturated carbocycles. The third kappa shape index (κ3) is 3.64. The van der Waals surface area contributed by atoms with Gasteiger partial charge in [0, 0.05) is 9.79 Å². The fraction of sp³-hybridized carbons (Fsp3) is 0.200. The molecule has 2 rings (SSSR count). The predicted molar refractivity (Wildman–Crippen MR) is 77.1 cm³/mol. The number of hydrogen-bond acceptors (Lipinski definition) is 3. The lowest BCUT2D eigenvalue weighted by Crippen LogP contribution is -2.07. The molecule has 0 bridgehead atoms. The molecule has 2 nitrogen and oxygen atoms in total. The van der Waals surface area contributed by atoms with Crippen molar-refractivity contribution in [1.82, 2.24) is 0 Å². The number of benzene rings is 2. The molecule has 0 aliphatic heterocycles. The molecule has 2 aromatic rings. The third-order valence-electron chi connectivity index (χ3n) is 2.41. The van der Waals surface area contributed by atoms with Crippen LogP contribution in [0.4, 0.5) is 10.1 Å². The fourth-order valence-electron chi connectivity index (χ4n) is 1.59. The number of rotatable bonds is 4. The van der Waals surface area contributed by atoms with Crippen LogP contribution in [0.5, 0.6) is 5.75 Å². The highest BCUT2D eigenvalue weighted by atomic mass is 32.2. The van der Waals surface area contributed by atoms with Crippen LogP contribution in [0.15, 0.2) is 52.3 Å². The molecule has 0 saturated heterocycles. The summed E-state index contributed by atoms with van der Waals surface area (Å²) in [6.45, 7) is 3.88. The lowest BCUT2D eigenvalue weighted by atomic mass is 10.3. The van der Waals surface area contributed by atoms with Crippen LogP contribution in [-0.4, -0.2) is 6.10 Å². The first-order valence-corrected chi connectivity index (χ1v) is 6.86. The van der Waals surface area contributed by atoms with E-state index >= 15 is 0 Å². The molecule has 2 aromatic carbocycles. The molecule has 100 valence electrons. The van der Waals surface area contributed by atoms with Crippen molar-refractivity contribution in [3.63, 3.8) is 0 Å². The summed E-state index contributed by atoms with van der Waals surface area (Å²) in [6.07, 6.45) is 0.0519. The maximum absolute atomic E-state index is 13.6. The van der Waals surface area contributed by atoms with E-state index in [9.17, 15) is 4.39 Å². The third-order valence-corrected chi connectivity index (χ3v) is 3.45. The van der Waals surface area contributed by atoms with Crippen LogP contribution < -0.4 is 10.5 Å². The number of hydrogen-bond donors (Lipinski definition) is 1. The molecule has 4 heteroatoms. The molecule has 0 aliphatic rings. The first-order chi connectivity index (χ1) is 9.06. The first kappa shape index (κ1) is 13.7. The number of halogens is 1. The fourth-order valence-corrected chi connectivity index (χ4v) is 2.46. The molecule has 0 radical (unpaired) electrons. The standard InChI is InChI=1S/C15H16FNOS/c1-10(2)18-14-9-11(7-8-13(14)17)19-15-6-4-3-5-12(15)16/h3-10H,17H2,1-2H3. The number of nitrogen functional groups attached to an aromatic ring is 1. The average molecular weight is 277 g/mol. The predicted octanol–water partition coefficient (Wildman–Crippen LogP) is 4.35. The van der Waals surface area contributed by atoms with E-state index in [0.29, 0.717) is 16.3 Å². The van der Waals surface area contributed by atoms with Gasteiger partial charge in [-0.1, -0.05) is 23.9 Å². The molecule has 0 aliphatic carbocycles. The SMILES string of the molecule is CC(C)Oc1cc(Sc2ccccc2F)ccc1N. The summed E-state index contributed by atoms with van der Waals surface area (Å²) in [7, 11) is 0. The van der Waals surface area contributed by atoms with E-state index in [1.807, 2.05) is 32.0 Å². The zero-order valence-corrected chi connectivity index (χ0v) is 11.7. The second kappa shape index (κ2) is 5.97. The summed E-state index contributed by atoms with van der Waals surface area (Å²) in [5.74, 6) is 0.409. The Balaban J connectivity index is 2.24. The lowest BCUT2D eigenvalue weighted by molar-refractivity contribution is 0.243. The largest absolute Gasteiger partial charge is 0.489 e. The molecule has 0 fully saturated rings. The number of anilines is 1. The van der Waals surface area contributed by atoms with E-state index < -0.39 is 0 Å². The van der Waals surface area contributed by atoms with E-state index in [1.165, 1.54) is 17.8 Å². The minimum Gasteiger partial charge on any atom is -0.489 e. The molecule has 2 N–H and O–H groups in total. The highest BCUT2D eigenvalue weighted by Gasteiger charge is 2.07. The van der Waals surface area contributed by atoms with Gasteiger partial charge in [-0.25, -0.2) is 4.39 Å². The summed E-state index contributed by atoms with van der Waals surface area (Å²) >= 11 is 1.35. The average Bonchev–Trinajstić information content (AvgIpc) is 2.35. The molecule has 0 unspecified atom stereocenters. The van der Waals surface area contributed by atoms with Gasteiger partial charge in [0.25, 0.3) is 0 Å². The monoisotopic (exact) mass is 277 g/mol. The quantitative estimate of drug-likeness (QED) is 0.844. The summed E-state index contributed by atoms with van der Waals surface area (Å²) in [6, 6.07) is 12.2. The van der Waals surface area contributed by atoms with E-state index in [1.54, 1.807) is 18.2 Å². The van der Waals surface area contributed by atoms with Gasteiger partial charge in [-0.2, -0.15) is 0 Å². The van der Waals surface area contributed by atoms with Gasteiger partial charge >= 0.3 is 0 Å². The molecular formula is C15H16FNOS. The highest BCUT2D eigenvalue weighted by Crippen LogP contribution is 2.34. The Morgan fingerprint density at radius 2 is 1.89 bits per heavy atom. The zero-order chi connectivity index (χ0) is 13.8. The zero-order valence-electron chi connectivity index (χ0n) is 10.9. The van der Waals surface area contributed by atoms with Crippen LogP contribution in [0.3, 0.4) is 0 Å². The second-order valence-electron chi connectivity index (χ2n) is 4.40. The molecule has 0 amide bonds. The topological polar surface area (TPSA) is 35.2 Å². The summed E-state index contributed by atoms with van der Waals surface area (Å²) in [4.78, 5) is 1.48. The van der Waals surface area contributed by atoms with Crippen LogP contribution in [0.2, 0.25) is 0 Å². The summed E-state index contributed by atoms with van der Waals surface area (Å²) < 4.78 is 19.2. The van der Waals surface area contributed by atoms with Crippen molar-refractivity contribution in [3.8, 4) is 5.75 Å². The molecular weight excluding hydrogens is 261 g/mol. The second-order valence-corrected chi connectivity index (χ2v) is 5.51. The molecule has 0 atom stereocenters. The van der Waals surface area contributed by atoms with E-state index in [4.69, 9.17) is 10.5 Å². The highest BCUT2D eigenvalue weighted by molar-refractivity contribution is 7.99. The van der Waals surface area contributed by atoms with Crippen molar-refractivity contribution in [2.45, 2.75) is 29.7 Å². The van der Waals surface area contributed by atoms with Gasteiger partial charge in [-0.15, -0.1) is 0 Å². The molecule has 19 heavy (non-hydrogen) atoms. The smallest absolute Gasteiger partial charge is 0.143 e. The Morgan fingerprint density at radius 3 is 2.58 bits per heavy atom. The van der Waals surface area contributed by atoms with Crippen molar-refractivity contribution in [2.75, 3.05) is 5.73 Å². The minimum atomic E-state index is -0.226. The Kier molecular flexibility index (Phi) is 4.32. The van der Waals surface area contributed by atoms with Gasteiger partial charge in [0.05, 0.1) is 11.8 Å². The van der Waals surface area contributed by atoms with E-state index in [-0.39, 0.29) is 11.9 Å². The normalized spacial score (nSPS) is 10.7. The summed E-state index contributed by atoms with van der Waals surface area (Å²) in [5.41, 5.74) is 6.44. The number of nitrogens with two attached hydrogens (primary N) is 1. The Hall–Kier alpha value is -1.68. The first-order valence-electron chi connectivity index (χ1n) is 6.05. The Labute approximate surface area is 116 Å². The van der Waals surface area contributed by atoms with Gasteiger partial charge in [-0.05, 0) is 44.2 Å². The van der Waals surface area contributed by atoms with Crippen LogP contribution in [0.25, 0.3) is 0 Å². The van der Waals surface area contributed by atoms with Crippen molar-refractivity contribution >= 4 is 17.4 Å². The van der Waals surface area contributed by atoms with Crippen molar-refractivity contribution in [2.24, 2.45) is 0 Å². The molecule has 0 heterocycles. The van der Waals surface area contributed by atoms with Gasteiger partial charge < -0.3 is 10.5 Å². The molecule has 0 spiro atoms. The van der Waals surface area contributed by atoms with Gasteiger partial charge in [-0.3, -0.25) is 0 Å². The van der Waals surface area contributed by atoms with Crippen LogP contribution in [0, 0.1) is 5.82 Å². The van der Waals surface area contributed by atoms with E-state index in [0.717, 1.165) is 4.90 Å². The lowest BCUT2D eigenvalue weighted by Gasteiger charge is -2.13. The van der Waals surface area contributed by atoms with Crippen LogP contribution in [-0.2, 0) is 0 Å². The maximum atomic E-state index is 13.6. The van der Waals surface area contributed by atoms with Gasteiger partial charge in [0.15, 0.2) is 0 Å². The van der Waals surface area contributed by atoms with E-state index in [2.05, 4.69) is 0 Å². The molecule has 0 aromatic heterocycles. The maximum Gasteiger partial charge on any atom is 0.143 e. The van der Waals surface area contributed by atoms with Crippen LogP contribution in [0.1, 0.15) is 13.8 Å². The minimum absolute atomic E-state index is 0.0519. The Bertz CT molecular complexity index is 572. The number of ether oxygens (including phenoxy) is 1. The van der Waals surface area contributed by atoms with Gasteiger partial charge in [0.2, 0.25) is 0 Å².